The quantitative estimate of drug-likeness (QED) is 0.744. The summed E-state index contributed by atoms with van der Waals surface area (Å²) in [4.78, 5) is 12.8. The van der Waals surface area contributed by atoms with Gasteiger partial charge in [0.25, 0.3) is 0 Å². The topological polar surface area (TPSA) is 32.3 Å². The first-order valence-electron chi connectivity index (χ1n) is 5.54. The van der Waals surface area contributed by atoms with Crippen LogP contribution in [0.4, 0.5) is 13.2 Å². The van der Waals surface area contributed by atoms with E-state index in [9.17, 15) is 18.0 Å². The van der Waals surface area contributed by atoms with Gasteiger partial charge in [0.15, 0.2) is 0 Å². The molecule has 1 amide bonds. The van der Waals surface area contributed by atoms with E-state index in [4.69, 9.17) is 0 Å². The SMILES string of the molecule is O=C(CC(F)(F)F)N1CCC2CCC(C1)N2. The summed E-state index contributed by atoms with van der Waals surface area (Å²) in [5.41, 5.74) is 0. The summed E-state index contributed by atoms with van der Waals surface area (Å²) in [5, 5.41) is 3.33. The maximum Gasteiger partial charge on any atom is 0.397 e. The van der Waals surface area contributed by atoms with Crippen molar-refractivity contribution in [2.45, 2.75) is 43.9 Å². The molecule has 2 aliphatic rings. The first-order valence-corrected chi connectivity index (χ1v) is 5.54. The van der Waals surface area contributed by atoms with Crippen LogP contribution in [0, 0.1) is 0 Å². The second kappa shape index (κ2) is 4.24. The van der Waals surface area contributed by atoms with Crippen molar-refractivity contribution in [2.75, 3.05) is 13.1 Å². The standard InChI is InChI=1S/C10H15F3N2O/c11-10(12,13)5-9(16)15-4-3-7-1-2-8(6-15)14-7/h7-8,14H,1-6H2. The molecule has 0 aromatic rings. The third-order valence-electron chi connectivity index (χ3n) is 3.23. The van der Waals surface area contributed by atoms with Crippen LogP contribution in [0.5, 0.6) is 0 Å². The summed E-state index contributed by atoms with van der Waals surface area (Å²) < 4.78 is 36.3. The number of nitrogens with zero attached hydrogens (tertiary/aromatic N) is 1. The average Bonchev–Trinajstić information content (AvgIpc) is 2.42. The van der Waals surface area contributed by atoms with Gasteiger partial charge in [0, 0.05) is 25.2 Å². The second-order valence-corrected chi connectivity index (χ2v) is 4.56. The number of halogens is 3. The highest BCUT2D eigenvalue weighted by molar-refractivity contribution is 5.77. The van der Waals surface area contributed by atoms with Crippen LogP contribution in [0.1, 0.15) is 25.7 Å². The van der Waals surface area contributed by atoms with Crippen molar-refractivity contribution in [3.8, 4) is 0 Å². The minimum Gasteiger partial charge on any atom is -0.341 e. The van der Waals surface area contributed by atoms with Crippen LogP contribution in [0.2, 0.25) is 0 Å². The molecule has 0 radical (unpaired) electrons. The summed E-state index contributed by atoms with van der Waals surface area (Å²) in [7, 11) is 0. The van der Waals surface area contributed by atoms with Gasteiger partial charge in [-0.3, -0.25) is 4.79 Å². The molecule has 2 aliphatic heterocycles. The molecule has 0 spiro atoms. The van der Waals surface area contributed by atoms with Crippen LogP contribution in [0.15, 0.2) is 0 Å². The number of nitrogens with one attached hydrogen (secondary N) is 1. The molecular weight excluding hydrogens is 221 g/mol. The molecule has 16 heavy (non-hydrogen) atoms. The van der Waals surface area contributed by atoms with Crippen molar-refractivity contribution in [1.29, 1.82) is 0 Å². The lowest BCUT2D eigenvalue weighted by atomic mass is 10.1. The Bertz CT molecular complexity index is 280. The number of amides is 1. The minimum absolute atomic E-state index is 0.185. The van der Waals surface area contributed by atoms with Gasteiger partial charge >= 0.3 is 6.18 Å². The Morgan fingerprint density at radius 1 is 1.25 bits per heavy atom. The third kappa shape index (κ3) is 2.87. The van der Waals surface area contributed by atoms with Crippen LogP contribution in [-0.2, 0) is 4.79 Å². The summed E-state index contributed by atoms with van der Waals surface area (Å²) in [6.45, 7) is 0.870. The number of carbonyl (C=O) groups excluding carboxylic acids is 1. The predicted molar refractivity (Wildman–Crippen MR) is 51.8 cm³/mol. The zero-order valence-electron chi connectivity index (χ0n) is 8.89. The van der Waals surface area contributed by atoms with E-state index in [0.29, 0.717) is 19.1 Å². The number of hydrogen-bond donors (Lipinski definition) is 1. The van der Waals surface area contributed by atoms with Gasteiger partial charge in [0.2, 0.25) is 5.91 Å². The fourth-order valence-corrected chi connectivity index (χ4v) is 2.45. The van der Waals surface area contributed by atoms with E-state index in [-0.39, 0.29) is 6.04 Å². The van der Waals surface area contributed by atoms with Crippen molar-refractivity contribution in [3.05, 3.63) is 0 Å². The molecule has 2 atom stereocenters. The molecule has 0 aromatic carbocycles. The van der Waals surface area contributed by atoms with E-state index < -0.39 is 18.5 Å². The van der Waals surface area contributed by atoms with Crippen molar-refractivity contribution in [3.63, 3.8) is 0 Å². The van der Waals surface area contributed by atoms with Gasteiger partial charge < -0.3 is 10.2 Å². The molecular formula is C10H15F3N2O. The van der Waals surface area contributed by atoms with Gasteiger partial charge in [0.05, 0.1) is 0 Å². The summed E-state index contributed by atoms with van der Waals surface area (Å²) in [5.74, 6) is -0.790. The highest BCUT2D eigenvalue weighted by Gasteiger charge is 2.36. The highest BCUT2D eigenvalue weighted by atomic mass is 19.4. The smallest absolute Gasteiger partial charge is 0.341 e. The lowest BCUT2D eigenvalue weighted by Crippen LogP contribution is -2.40. The number of carbonyl (C=O) groups is 1. The summed E-state index contributed by atoms with van der Waals surface area (Å²) in [6, 6.07) is 0.568. The van der Waals surface area contributed by atoms with Crippen LogP contribution in [0.25, 0.3) is 0 Å². The molecule has 0 aliphatic carbocycles. The van der Waals surface area contributed by atoms with E-state index in [0.717, 1.165) is 19.3 Å². The molecule has 2 bridgehead atoms. The zero-order valence-corrected chi connectivity index (χ0v) is 8.89. The zero-order chi connectivity index (χ0) is 11.8. The Hall–Kier alpha value is -0.780. The second-order valence-electron chi connectivity index (χ2n) is 4.56. The molecule has 0 aromatic heterocycles. The number of hydrogen-bond acceptors (Lipinski definition) is 2. The van der Waals surface area contributed by atoms with E-state index in [1.807, 2.05) is 0 Å². The number of alkyl halides is 3. The molecule has 2 unspecified atom stereocenters. The normalized spacial score (nSPS) is 30.3. The van der Waals surface area contributed by atoms with Gasteiger partial charge in [0.1, 0.15) is 6.42 Å². The molecule has 2 heterocycles. The maximum atomic E-state index is 12.1. The lowest BCUT2D eigenvalue weighted by Gasteiger charge is -2.24. The van der Waals surface area contributed by atoms with Gasteiger partial charge in [-0.15, -0.1) is 0 Å². The fourth-order valence-electron chi connectivity index (χ4n) is 2.45. The van der Waals surface area contributed by atoms with Crippen LogP contribution < -0.4 is 5.32 Å². The predicted octanol–water partition coefficient (Wildman–Crippen LogP) is 1.29. The van der Waals surface area contributed by atoms with Gasteiger partial charge in [-0.1, -0.05) is 0 Å². The van der Waals surface area contributed by atoms with Crippen LogP contribution >= 0.6 is 0 Å². The van der Waals surface area contributed by atoms with Crippen molar-refractivity contribution >= 4 is 5.91 Å². The molecule has 2 rings (SSSR count). The Morgan fingerprint density at radius 2 is 1.94 bits per heavy atom. The molecule has 1 N–H and O–H groups in total. The molecule has 2 fully saturated rings. The molecule has 3 nitrogen and oxygen atoms in total. The fraction of sp³-hybridized carbons (Fsp3) is 0.900. The number of rotatable bonds is 1. The van der Waals surface area contributed by atoms with Gasteiger partial charge in [-0.25, -0.2) is 0 Å². The first kappa shape index (κ1) is 11.7. The van der Waals surface area contributed by atoms with Crippen molar-refractivity contribution < 1.29 is 18.0 Å². The van der Waals surface area contributed by atoms with E-state index >= 15 is 0 Å². The first-order chi connectivity index (χ1) is 7.44. The molecule has 2 saturated heterocycles. The Labute approximate surface area is 92.0 Å². The Morgan fingerprint density at radius 3 is 2.62 bits per heavy atom. The van der Waals surface area contributed by atoms with Crippen molar-refractivity contribution in [2.24, 2.45) is 0 Å². The maximum absolute atomic E-state index is 12.1. The number of fused-ring (bicyclic) bond motifs is 2. The molecule has 0 saturated carbocycles. The average molecular weight is 236 g/mol. The van der Waals surface area contributed by atoms with Gasteiger partial charge in [-0.05, 0) is 19.3 Å². The largest absolute Gasteiger partial charge is 0.397 e. The summed E-state index contributed by atoms with van der Waals surface area (Å²) in [6.07, 6.45) is -2.92. The number of likely N-dealkylation sites (tertiary alicyclic amines) is 1. The summed E-state index contributed by atoms with van der Waals surface area (Å²) >= 11 is 0. The van der Waals surface area contributed by atoms with E-state index in [2.05, 4.69) is 5.32 Å². The highest BCUT2D eigenvalue weighted by Crippen LogP contribution is 2.24. The third-order valence-corrected chi connectivity index (χ3v) is 3.23. The monoisotopic (exact) mass is 236 g/mol. The molecule has 92 valence electrons. The van der Waals surface area contributed by atoms with Crippen LogP contribution in [-0.4, -0.2) is 42.2 Å². The Balaban J connectivity index is 1.92. The van der Waals surface area contributed by atoms with E-state index in [1.54, 1.807) is 0 Å². The van der Waals surface area contributed by atoms with Crippen molar-refractivity contribution in [1.82, 2.24) is 10.2 Å². The lowest BCUT2D eigenvalue weighted by molar-refractivity contribution is -0.161. The Kier molecular flexibility index (Phi) is 3.10. The minimum atomic E-state index is -4.39. The van der Waals surface area contributed by atoms with Gasteiger partial charge in [-0.2, -0.15) is 13.2 Å². The molecule has 6 heteroatoms. The van der Waals surface area contributed by atoms with Crippen LogP contribution in [0.3, 0.4) is 0 Å². The van der Waals surface area contributed by atoms with E-state index in [1.165, 1.54) is 4.90 Å².